The van der Waals surface area contributed by atoms with Gasteiger partial charge in [0.05, 0.1) is 0 Å². The lowest BCUT2D eigenvalue weighted by molar-refractivity contribution is -0.122. The van der Waals surface area contributed by atoms with Crippen LogP contribution in [0.5, 0.6) is 0 Å². The van der Waals surface area contributed by atoms with E-state index in [1.807, 2.05) is 7.05 Å². The Balaban J connectivity index is 2.51. The SMILES string of the molecule is CNC1CCCC[C@H]1C(C)=O. The van der Waals surface area contributed by atoms with Crippen LogP contribution >= 0.6 is 0 Å². The highest BCUT2D eigenvalue weighted by atomic mass is 16.1. The van der Waals surface area contributed by atoms with E-state index in [0.717, 1.165) is 6.42 Å². The van der Waals surface area contributed by atoms with Crippen LogP contribution in [0.1, 0.15) is 32.6 Å². The van der Waals surface area contributed by atoms with E-state index >= 15 is 0 Å². The maximum Gasteiger partial charge on any atom is 0.134 e. The van der Waals surface area contributed by atoms with E-state index in [2.05, 4.69) is 5.32 Å². The van der Waals surface area contributed by atoms with E-state index in [4.69, 9.17) is 0 Å². The fraction of sp³-hybridized carbons (Fsp3) is 0.889. The standard InChI is InChI=1S/C9H17NO/c1-7(11)8-5-3-4-6-9(8)10-2/h8-10H,3-6H2,1-2H3/t8-,9?/m0/s1. The molecule has 0 aliphatic heterocycles. The topological polar surface area (TPSA) is 29.1 Å². The summed E-state index contributed by atoms with van der Waals surface area (Å²) in [6, 6.07) is 0.446. The van der Waals surface area contributed by atoms with Crippen molar-refractivity contribution in [1.29, 1.82) is 0 Å². The van der Waals surface area contributed by atoms with Gasteiger partial charge in [-0.25, -0.2) is 0 Å². The molecule has 0 aromatic rings. The molecular formula is C9H17NO. The molecule has 1 saturated carbocycles. The third-order valence-electron chi connectivity index (χ3n) is 2.66. The van der Waals surface area contributed by atoms with Crippen molar-refractivity contribution in [1.82, 2.24) is 5.32 Å². The Morgan fingerprint density at radius 3 is 2.45 bits per heavy atom. The second-order valence-electron chi connectivity index (χ2n) is 3.40. The van der Waals surface area contributed by atoms with Crippen LogP contribution in [0.3, 0.4) is 0 Å². The fourth-order valence-corrected chi connectivity index (χ4v) is 1.96. The molecule has 1 rings (SSSR count). The summed E-state index contributed by atoms with van der Waals surface area (Å²) in [5.41, 5.74) is 0. The van der Waals surface area contributed by atoms with Crippen LogP contribution < -0.4 is 5.32 Å². The second-order valence-corrected chi connectivity index (χ2v) is 3.40. The molecule has 1 fully saturated rings. The Morgan fingerprint density at radius 2 is 2.00 bits per heavy atom. The predicted octanol–water partition coefficient (Wildman–Crippen LogP) is 1.35. The molecule has 2 heteroatoms. The van der Waals surface area contributed by atoms with Gasteiger partial charge < -0.3 is 5.32 Å². The van der Waals surface area contributed by atoms with Crippen LogP contribution in [0.25, 0.3) is 0 Å². The minimum absolute atomic E-state index is 0.286. The van der Waals surface area contributed by atoms with Gasteiger partial charge in [0, 0.05) is 12.0 Å². The average molecular weight is 155 g/mol. The zero-order chi connectivity index (χ0) is 8.27. The average Bonchev–Trinajstić information content (AvgIpc) is 2.04. The maximum absolute atomic E-state index is 11.1. The number of rotatable bonds is 2. The molecule has 1 N–H and O–H groups in total. The van der Waals surface area contributed by atoms with Crippen LogP contribution in [0.15, 0.2) is 0 Å². The van der Waals surface area contributed by atoms with Crippen molar-refractivity contribution in [2.45, 2.75) is 38.6 Å². The molecule has 0 aromatic heterocycles. The van der Waals surface area contributed by atoms with Crippen molar-refractivity contribution in [2.75, 3.05) is 7.05 Å². The van der Waals surface area contributed by atoms with Crippen molar-refractivity contribution in [3.05, 3.63) is 0 Å². The molecule has 0 aromatic carbocycles. The van der Waals surface area contributed by atoms with Crippen molar-refractivity contribution in [2.24, 2.45) is 5.92 Å². The molecule has 0 bridgehead atoms. The molecule has 2 nitrogen and oxygen atoms in total. The number of nitrogens with one attached hydrogen (secondary N) is 1. The smallest absolute Gasteiger partial charge is 0.134 e. The van der Waals surface area contributed by atoms with Gasteiger partial charge in [-0.15, -0.1) is 0 Å². The molecule has 1 aliphatic carbocycles. The lowest BCUT2D eigenvalue weighted by Crippen LogP contribution is -2.39. The molecule has 1 unspecified atom stereocenters. The van der Waals surface area contributed by atoms with Gasteiger partial charge in [0.2, 0.25) is 0 Å². The first-order valence-corrected chi connectivity index (χ1v) is 4.43. The first-order valence-electron chi connectivity index (χ1n) is 4.43. The van der Waals surface area contributed by atoms with Gasteiger partial charge in [0.25, 0.3) is 0 Å². The van der Waals surface area contributed by atoms with Gasteiger partial charge in [-0.1, -0.05) is 12.8 Å². The number of hydrogen-bond acceptors (Lipinski definition) is 2. The van der Waals surface area contributed by atoms with E-state index < -0.39 is 0 Å². The summed E-state index contributed by atoms with van der Waals surface area (Å²) < 4.78 is 0. The van der Waals surface area contributed by atoms with Gasteiger partial charge in [-0.3, -0.25) is 4.79 Å². The minimum atomic E-state index is 0.286. The molecule has 2 atom stereocenters. The van der Waals surface area contributed by atoms with E-state index in [1.54, 1.807) is 6.92 Å². The lowest BCUT2D eigenvalue weighted by atomic mass is 9.82. The van der Waals surface area contributed by atoms with Gasteiger partial charge in [0.15, 0.2) is 0 Å². The summed E-state index contributed by atoms with van der Waals surface area (Å²) in [5, 5.41) is 3.21. The Labute approximate surface area is 68.4 Å². The minimum Gasteiger partial charge on any atom is -0.316 e. The van der Waals surface area contributed by atoms with Crippen LogP contribution in [0, 0.1) is 5.92 Å². The van der Waals surface area contributed by atoms with Crippen LogP contribution in [0.4, 0.5) is 0 Å². The second kappa shape index (κ2) is 3.86. The highest BCUT2D eigenvalue weighted by Gasteiger charge is 2.26. The highest BCUT2D eigenvalue weighted by molar-refractivity contribution is 5.79. The number of carbonyl (C=O) groups excluding carboxylic acids is 1. The number of hydrogen-bond donors (Lipinski definition) is 1. The molecular weight excluding hydrogens is 138 g/mol. The van der Waals surface area contributed by atoms with Crippen LogP contribution in [-0.2, 0) is 4.79 Å². The summed E-state index contributed by atoms with van der Waals surface area (Å²) in [5.74, 6) is 0.637. The van der Waals surface area contributed by atoms with Crippen molar-refractivity contribution < 1.29 is 4.79 Å². The zero-order valence-electron chi connectivity index (χ0n) is 7.39. The van der Waals surface area contributed by atoms with Crippen molar-refractivity contribution in [3.63, 3.8) is 0 Å². The first-order chi connectivity index (χ1) is 5.25. The van der Waals surface area contributed by atoms with Crippen LogP contribution in [-0.4, -0.2) is 18.9 Å². The van der Waals surface area contributed by atoms with Crippen LogP contribution in [0.2, 0.25) is 0 Å². The summed E-state index contributed by atoms with van der Waals surface area (Å²) in [4.78, 5) is 11.1. The largest absolute Gasteiger partial charge is 0.316 e. The molecule has 0 spiro atoms. The first kappa shape index (κ1) is 8.72. The summed E-state index contributed by atoms with van der Waals surface area (Å²) >= 11 is 0. The normalized spacial score (nSPS) is 31.8. The summed E-state index contributed by atoms with van der Waals surface area (Å²) in [6.45, 7) is 1.71. The van der Waals surface area contributed by atoms with Gasteiger partial charge >= 0.3 is 0 Å². The van der Waals surface area contributed by atoms with E-state index in [0.29, 0.717) is 11.8 Å². The predicted molar refractivity (Wildman–Crippen MR) is 45.5 cm³/mol. The van der Waals surface area contributed by atoms with Crippen molar-refractivity contribution in [3.8, 4) is 0 Å². The third kappa shape index (κ3) is 2.03. The molecule has 64 valence electrons. The van der Waals surface area contributed by atoms with Gasteiger partial charge in [-0.05, 0) is 26.8 Å². The maximum atomic E-state index is 11.1. The lowest BCUT2D eigenvalue weighted by Gasteiger charge is -2.29. The summed E-state index contributed by atoms with van der Waals surface area (Å²) in [7, 11) is 1.95. The Bertz CT molecular complexity index is 144. The number of carbonyl (C=O) groups is 1. The van der Waals surface area contributed by atoms with Crippen molar-refractivity contribution >= 4 is 5.78 Å². The zero-order valence-corrected chi connectivity index (χ0v) is 7.39. The number of ketones is 1. The van der Waals surface area contributed by atoms with E-state index in [-0.39, 0.29) is 5.92 Å². The third-order valence-corrected chi connectivity index (χ3v) is 2.66. The Morgan fingerprint density at radius 1 is 1.36 bits per heavy atom. The molecule has 0 amide bonds. The molecule has 0 heterocycles. The number of Topliss-reactive ketones (excluding diaryl/α,β-unsaturated/α-hetero) is 1. The van der Waals surface area contributed by atoms with Gasteiger partial charge in [0.1, 0.15) is 5.78 Å². The Hall–Kier alpha value is -0.370. The molecule has 1 aliphatic rings. The highest BCUT2D eigenvalue weighted by Crippen LogP contribution is 2.24. The van der Waals surface area contributed by atoms with Gasteiger partial charge in [-0.2, -0.15) is 0 Å². The molecule has 0 saturated heterocycles. The monoisotopic (exact) mass is 155 g/mol. The molecule has 0 radical (unpaired) electrons. The Kier molecular flexibility index (Phi) is 3.06. The quantitative estimate of drug-likeness (QED) is 0.652. The molecule has 11 heavy (non-hydrogen) atoms. The summed E-state index contributed by atoms with van der Waals surface area (Å²) in [6.07, 6.45) is 4.75. The fourth-order valence-electron chi connectivity index (χ4n) is 1.96. The van der Waals surface area contributed by atoms with E-state index in [9.17, 15) is 4.79 Å². The van der Waals surface area contributed by atoms with E-state index in [1.165, 1.54) is 19.3 Å².